The van der Waals surface area contributed by atoms with E-state index in [1.54, 1.807) is 24.3 Å². The molecule has 9 heteroatoms. The van der Waals surface area contributed by atoms with Gasteiger partial charge in [0.05, 0.1) is 27.9 Å². The minimum atomic E-state index is -4.40. The molecule has 0 aliphatic carbocycles. The third-order valence-corrected chi connectivity index (χ3v) is 4.31. The van der Waals surface area contributed by atoms with Crippen LogP contribution in [0.4, 0.5) is 18.9 Å². The predicted molar refractivity (Wildman–Crippen MR) is 102 cm³/mol. The van der Waals surface area contributed by atoms with Gasteiger partial charge in [-0.25, -0.2) is 4.79 Å². The first-order valence-corrected chi connectivity index (χ1v) is 8.47. The number of nitrogens with zero attached hydrogens (tertiary/aromatic N) is 1. The standard InChI is InChI=1S/C20H13F3N4O2/c21-20(22,23)13-4-1-11(2-5-13)15-7-3-12(10-24-15)18(28)25-14-6-8-16-17(9-14)27-19(29)26-16/h1-10H,(H,25,28)(H2,26,27,29). The first-order chi connectivity index (χ1) is 13.8. The number of imidazole rings is 1. The minimum absolute atomic E-state index is 0.281. The number of anilines is 1. The highest BCUT2D eigenvalue weighted by Gasteiger charge is 2.30. The SMILES string of the molecule is O=C(Nc1ccc2[nH]c(=O)[nH]c2c1)c1ccc(-c2ccc(C(F)(F)F)cc2)nc1. The number of carbonyl (C=O) groups is 1. The van der Waals surface area contributed by atoms with E-state index in [2.05, 4.69) is 20.3 Å². The molecule has 3 N–H and O–H groups in total. The molecule has 4 rings (SSSR count). The molecule has 1 amide bonds. The van der Waals surface area contributed by atoms with E-state index in [1.165, 1.54) is 24.4 Å². The van der Waals surface area contributed by atoms with Crippen molar-refractivity contribution >= 4 is 22.6 Å². The van der Waals surface area contributed by atoms with E-state index in [1.807, 2.05) is 0 Å². The molecule has 0 bridgehead atoms. The van der Waals surface area contributed by atoms with Gasteiger partial charge >= 0.3 is 11.9 Å². The smallest absolute Gasteiger partial charge is 0.322 e. The fraction of sp³-hybridized carbons (Fsp3) is 0.0500. The molecule has 2 heterocycles. The molecule has 6 nitrogen and oxygen atoms in total. The maximum atomic E-state index is 12.7. The summed E-state index contributed by atoms with van der Waals surface area (Å²) >= 11 is 0. The number of hydrogen-bond donors (Lipinski definition) is 3. The summed E-state index contributed by atoms with van der Waals surface area (Å²) in [6, 6.07) is 12.7. The molecule has 0 fully saturated rings. The van der Waals surface area contributed by atoms with Gasteiger partial charge in [0.15, 0.2) is 0 Å². The number of rotatable bonds is 3. The highest BCUT2D eigenvalue weighted by atomic mass is 19.4. The Morgan fingerprint density at radius 3 is 2.31 bits per heavy atom. The zero-order chi connectivity index (χ0) is 20.6. The number of amides is 1. The zero-order valence-electron chi connectivity index (χ0n) is 14.7. The highest BCUT2D eigenvalue weighted by molar-refractivity contribution is 6.04. The summed E-state index contributed by atoms with van der Waals surface area (Å²) in [6.07, 6.45) is -3.05. The van der Waals surface area contributed by atoms with Crippen LogP contribution in [0.1, 0.15) is 15.9 Å². The zero-order valence-corrected chi connectivity index (χ0v) is 14.7. The number of carbonyl (C=O) groups excluding carboxylic acids is 1. The molecule has 0 atom stereocenters. The lowest BCUT2D eigenvalue weighted by Crippen LogP contribution is -2.12. The van der Waals surface area contributed by atoms with Crippen LogP contribution in [0.25, 0.3) is 22.3 Å². The second-order valence-corrected chi connectivity index (χ2v) is 6.30. The number of hydrogen-bond acceptors (Lipinski definition) is 3. The monoisotopic (exact) mass is 398 g/mol. The van der Waals surface area contributed by atoms with Gasteiger partial charge in [0.1, 0.15) is 0 Å². The average Bonchev–Trinajstić information content (AvgIpc) is 3.07. The normalized spacial score (nSPS) is 11.6. The molecule has 2 aromatic heterocycles. The van der Waals surface area contributed by atoms with Crippen LogP contribution < -0.4 is 11.0 Å². The van der Waals surface area contributed by atoms with Crippen LogP contribution in [-0.2, 0) is 6.18 Å². The van der Waals surface area contributed by atoms with Crippen LogP contribution in [0.2, 0.25) is 0 Å². The van der Waals surface area contributed by atoms with Crippen molar-refractivity contribution in [3.63, 3.8) is 0 Å². The number of aromatic nitrogens is 3. The molecular weight excluding hydrogens is 385 g/mol. The van der Waals surface area contributed by atoms with Crippen molar-refractivity contribution < 1.29 is 18.0 Å². The van der Waals surface area contributed by atoms with Gasteiger partial charge in [0.25, 0.3) is 5.91 Å². The van der Waals surface area contributed by atoms with E-state index in [9.17, 15) is 22.8 Å². The number of H-pyrrole nitrogens is 2. The lowest BCUT2D eigenvalue weighted by atomic mass is 10.1. The summed E-state index contributed by atoms with van der Waals surface area (Å²) in [4.78, 5) is 33.1. The van der Waals surface area contributed by atoms with Gasteiger partial charge in [-0.15, -0.1) is 0 Å². The van der Waals surface area contributed by atoms with Gasteiger partial charge in [0, 0.05) is 17.4 Å². The van der Waals surface area contributed by atoms with Crippen molar-refractivity contribution in [2.24, 2.45) is 0 Å². The van der Waals surface area contributed by atoms with E-state index >= 15 is 0 Å². The third-order valence-electron chi connectivity index (χ3n) is 4.31. The first kappa shape index (κ1) is 18.5. The Kier molecular flexibility index (Phi) is 4.42. The van der Waals surface area contributed by atoms with Gasteiger partial charge in [-0.2, -0.15) is 13.2 Å². The number of nitrogens with one attached hydrogen (secondary N) is 3. The lowest BCUT2D eigenvalue weighted by molar-refractivity contribution is -0.137. The average molecular weight is 398 g/mol. The van der Waals surface area contributed by atoms with Crippen molar-refractivity contribution in [3.8, 4) is 11.3 Å². The largest absolute Gasteiger partial charge is 0.416 e. The van der Waals surface area contributed by atoms with Crippen molar-refractivity contribution in [2.75, 3.05) is 5.32 Å². The van der Waals surface area contributed by atoms with Gasteiger partial charge in [0.2, 0.25) is 0 Å². The van der Waals surface area contributed by atoms with Crippen LogP contribution in [0.3, 0.4) is 0 Å². The summed E-state index contributed by atoms with van der Waals surface area (Å²) in [5.41, 5.74) is 1.82. The predicted octanol–water partition coefficient (Wildman–Crippen LogP) is 4.19. The molecule has 146 valence electrons. The summed E-state index contributed by atoms with van der Waals surface area (Å²) in [6.45, 7) is 0. The van der Waals surface area contributed by atoms with Crippen LogP contribution in [0.5, 0.6) is 0 Å². The van der Waals surface area contributed by atoms with Crippen molar-refractivity contribution in [3.05, 3.63) is 82.4 Å². The maximum absolute atomic E-state index is 12.7. The second-order valence-electron chi connectivity index (χ2n) is 6.30. The summed E-state index contributed by atoms with van der Waals surface area (Å²) in [5, 5.41) is 2.70. The number of benzene rings is 2. The van der Waals surface area contributed by atoms with Crippen LogP contribution >= 0.6 is 0 Å². The van der Waals surface area contributed by atoms with Crippen molar-refractivity contribution in [1.29, 1.82) is 0 Å². The quantitative estimate of drug-likeness (QED) is 0.483. The lowest BCUT2D eigenvalue weighted by Gasteiger charge is -2.08. The van der Waals surface area contributed by atoms with Gasteiger partial charge in [-0.3, -0.25) is 9.78 Å². The molecule has 0 saturated heterocycles. The van der Waals surface area contributed by atoms with E-state index in [0.717, 1.165) is 12.1 Å². The third kappa shape index (κ3) is 3.88. The highest BCUT2D eigenvalue weighted by Crippen LogP contribution is 2.30. The van der Waals surface area contributed by atoms with E-state index in [-0.39, 0.29) is 11.3 Å². The van der Waals surface area contributed by atoms with Crippen LogP contribution in [0.15, 0.2) is 65.6 Å². The summed E-state index contributed by atoms with van der Waals surface area (Å²) in [7, 11) is 0. The number of fused-ring (bicyclic) bond motifs is 1. The maximum Gasteiger partial charge on any atom is 0.416 e. The Labute approximate surface area is 161 Å². The van der Waals surface area contributed by atoms with Crippen molar-refractivity contribution in [2.45, 2.75) is 6.18 Å². The number of halogens is 3. The van der Waals surface area contributed by atoms with E-state index < -0.39 is 17.6 Å². The Morgan fingerprint density at radius 2 is 1.66 bits per heavy atom. The molecule has 0 saturated carbocycles. The van der Waals surface area contributed by atoms with Crippen LogP contribution in [0, 0.1) is 0 Å². The number of alkyl halides is 3. The topological polar surface area (TPSA) is 90.6 Å². The fourth-order valence-electron chi connectivity index (χ4n) is 2.84. The first-order valence-electron chi connectivity index (χ1n) is 8.47. The molecule has 4 aromatic rings. The summed E-state index contributed by atoms with van der Waals surface area (Å²) in [5.74, 6) is -0.409. The van der Waals surface area contributed by atoms with Crippen LogP contribution in [-0.4, -0.2) is 20.9 Å². The van der Waals surface area contributed by atoms with Gasteiger partial charge in [-0.05, 0) is 42.5 Å². The number of pyridine rings is 1. The second kappa shape index (κ2) is 6.93. The summed E-state index contributed by atoms with van der Waals surface area (Å²) < 4.78 is 38.0. The van der Waals surface area contributed by atoms with Gasteiger partial charge < -0.3 is 15.3 Å². The molecular formula is C20H13F3N4O2. The molecule has 2 aromatic carbocycles. The number of aromatic amines is 2. The minimum Gasteiger partial charge on any atom is -0.322 e. The Hall–Kier alpha value is -3.88. The van der Waals surface area contributed by atoms with E-state index in [4.69, 9.17) is 0 Å². The molecule has 0 aliphatic rings. The molecule has 0 unspecified atom stereocenters. The molecule has 0 aliphatic heterocycles. The Balaban J connectivity index is 1.50. The molecule has 0 spiro atoms. The molecule has 0 radical (unpaired) electrons. The van der Waals surface area contributed by atoms with Crippen molar-refractivity contribution in [1.82, 2.24) is 15.0 Å². The molecule has 29 heavy (non-hydrogen) atoms. The Bertz CT molecular complexity index is 1240. The Morgan fingerprint density at radius 1 is 0.931 bits per heavy atom. The fourth-order valence-corrected chi connectivity index (χ4v) is 2.84. The van der Waals surface area contributed by atoms with E-state index in [0.29, 0.717) is 28.0 Å². The van der Waals surface area contributed by atoms with Gasteiger partial charge in [-0.1, -0.05) is 12.1 Å².